The third-order valence-electron chi connectivity index (χ3n) is 2.87. The molecule has 23 heavy (non-hydrogen) atoms. The van der Waals surface area contributed by atoms with Gasteiger partial charge in [0.05, 0.1) is 10.6 Å². The Hall–Kier alpha value is -1.73. The first-order valence-corrected chi connectivity index (χ1v) is 8.91. The summed E-state index contributed by atoms with van der Waals surface area (Å²) >= 11 is 2.85. The van der Waals surface area contributed by atoms with Crippen molar-refractivity contribution >= 4 is 34.6 Å². The quantitative estimate of drug-likeness (QED) is 0.853. The standard InChI is InChI=1S/C16H20N2O3S2/c1-9-12(23-14(17-9)11-7-6-8-22-11)15(20)21-10(2)13(19)18-16(3,4)5/h6-8,10H,1-5H3,(H,18,19). The molecule has 0 aromatic carbocycles. The second-order valence-corrected chi connectivity index (χ2v) is 8.14. The molecule has 0 aliphatic heterocycles. The first kappa shape index (κ1) is 17.6. The van der Waals surface area contributed by atoms with Crippen LogP contribution in [0.4, 0.5) is 0 Å². The number of carbonyl (C=O) groups is 2. The van der Waals surface area contributed by atoms with E-state index in [0.717, 1.165) is 9.88 Å². The van der Waals surface area contributed by atoms with E-state index in [1.807, 2.05) is 38.3 Å². The number of ether oxygens (including phenoxy) is 1. The minimum Gasteiger partial charge on any atom is -0.448 e. The van der Waals surface area contributed by atoms with Gasteiger partial charge >= 0.3 is 5.97 Å². The Morgan fingerprint density at radius 3 is 2.61 bits per heavy atom. The fourth-order valence-electron chi connectivity index (χ4n) is 1.83. The summed E-state index contributed by atoms with van der Waals surface area (Å²) in [7, 11) is 0. The maximum absolute atomic E-state index is 12.3. The number of nitrogens with one attached hydrogen (secondary N) is 1. The first-order chi connectivity index (χ1) is 10.7. The second kappa shape index (κ2) is 6.80. The average molecular weight is 352 g/mol. The fraction of sp³-hybridized carbons (Fsp3) is 0.438. The van der Waals surface area contributed by atoms with E-state index in [9.17, 15) is 9.59 Å². The number of hydrogen-bond acceptors (Lipinski definition) is 6. The molecule has 5 nitrogen and oxygen atoms in total. The van der Waals surface area contributed by atoms with Gasteiger partial charge in [0.2, 0.25) is 0 Å². The van der Waals surface area contributed by atoms with E-state index in [1.165, 1.54) is 11.3 Å². The van der Waals surface area contributed by atoms with Gasteiger partial charge in [-0.1, -0.05) is 6.07 Å². The second-order valence-electron chi connectivity index (χ2n) is 6.20. The number of amides is 1. The van der Waals surface area contributed by atoms with Crippen molar-refractivity contribution < 1.29 is 14.3 Å². The highest BCUT2D eigenvalue weighted by Gasteiger charge is 2.25. The molecule has 1 atom stereocenters. The van der Waals surface area contributed by atoms with E-state index in [-0.39, 0.29) is 11.4 Å². The molecule has 1 N–H and O–H groups in total. The van der Waals surface area contributed by atoms with Crippen molar-refractivity contribution in [3.8, 4) is 9.88 Å². The molecule has 1 unspecified atom stereocenters. The number of thiazole rings is 1. The predicted octanol–water partition coefficient (Wildman–Crippen LogP) is 3.64. The molecule has 0 aliphatic rings. The lowest BCUT2D eigenvalue weighted by molar-refractivity contribution is -0.130. The predicted molar refractivity (Wildman–Crippen MR) is 92.9 cm³/mol. The molecule has 0 saturated carbocycles. The maximum Gasteiger partial charge on any atom is 0.351 e. The normalized spacial score (nSPS) is 12.7. The summed E-state index contributed by atoms with van der Waals surface area (Å²) in [5, 5.41) is 5.54. The van der Waals surface area contributed by atoms with Gasteiger partial charge in [0.1, 0.15) is 9.88 Å². The summed E-state index contributed by atoms with van der Waals surface area (Å²) in [5.41, 5.74) is 0.247. The van der Waals surface area contributed by atoms with Gasteiger partial charge in [-0.3, -0.25) is 4.79 Å². The Bertz CT molecular complexity index is 699. The zero-order valence-electron chi connectivity index (χ0n) is 13.8. The molecule has 2 rings (SSSR count). The minimum atomic E-state index is -0.853. The Kier molecular flexibility index (Phi) is 5.21. The van der Waals surface area contributed by atoms with Crippen LogP contribution in [0.3, 0.4) is 0 Å². The van der Waals surface area contributed by atoms with Crippen LogP contribution in [0.25, 0.3) is 9.88 Å². The van der Waals surface area contributed by atoms with Crippen LogP contribution in [-0.2, 0) is 9.53 Å². The highest BCUT2D eigenvalue weighted by molar-refractivity contribution is 7.22. The van der Waals surface area contributed by atoms with Gasteiger partial charge in [0.25, 0.3) is 5.91 Å². The highest BCUT2D eigenvalue weighted by atomic mass is 32.1. The molecular formula is C16H20N2O3S2. The molecule has 0 radical (unpaired) electrons. The lowest BCUT2D eigenvalue weighted by Crippen LogP contribution is -2.46. The summed E-state index contributed by atoms with van der Waals surface area (Å²) in [6.07, 6.45) is -0.853. The van der Waals surface area contributed by atoms with E-state index in [4.69, 9.17) is 4.74 Å². The van der Waals surface area contributed by atoms with Crippen molar-refractivity contribution in [2.75, 3.05) is 0 Å². The number of aryl methyl sites for hydroxylation is 1. The Balaban J connectivity index is 2.08. The van der Waals surface area contributed by atoms with Crippen LogP contribution in [0.1, 0.15) is 43.1 Å². The van der Waals surface area contributed by atoms with Crippen LogP contribution in [0, 0.1) is 6.92 Å². The van der Waals surface area contributed by atoms with Gasteiger partial charge in [-0.25, -0.2) is 9.78 Å². The fourth-order valence-corrected chi connectivity index (χ4v) is 3.58. The van der Waals surface area contributed by atoms with Gasteiger partial charge in [-0.2, -0.15) is 0 Å². The molecule has 0 bridgehead atoms. The van der Waals surface area contributed by atoms with Gasteiger partial charge in [-0.05, 0) is 46.1 Å². The first-order valence-electron chi connectivity index (χ1n) is 7.21. The molecule has 2 heterocycles. The highest BCUT2D eigenvalue weighted by Crippen LogP contribution is 2.31. The van der Waals surface area contributed by atoms with Crippen LogP contribution < -0.4 is 5.32 Å². The van der Waals surface area contributed by atoms with Gasteiger partial charge < -0.3 is 10.1 Å². The topological polar surface area (TPSA) is 68.3 Å². The van der Waals surface area contributed by atoms with Gasteiger partial charge in [-0.15, -0.1) is 22.7 Å². The molecule has 2 aromatic rings. The van der Waals surface area contributed by atoms with E-state index < -0.39 is 12.1 Å². The van der Waals surface area contributed by atoms with Crippen molar-refractivity contribution in [2.45, 2.75) is 46.3 Å². The van der Waals surface area contributed by atoms with Crippen LogP contribution in [0.2, 0.25) is 0 Å². The third-order valence-corrected chi connectivity index (χ3v) is 5.04. The smallest absolute Gasteiger partial charge is 0.351 e. The average Bonchev–Trinajstić information content (AvgIpc) is 3.05. The number of hydrogen-bond donors (Lipinski definition) is 1. The molecule has 0 spiro atoms. The number of thiophene rings is 1. The largest absolute Gasteiger partial charge is 0.448 e. The minimum absolute atomic E-state index is 0.313. The number of nitrogens with zero attached hydrogens (tertiary/aromatic N) is 1. The van der Waals surface area contributed by atoms with Gasteiger partial charge in [0, 0.05) is 5.54 Å². The molecular weight excluding hydrogens is 332 g/mol. The van der Waals surface area contributed by atoms with Crippen molar-refractivity contribution in [3.05, 3.63) is 28.1 Å². The zero-order chi connectivity index (χ0) is 17.2. The SMILES string of the molecule is Cc1nc(-c2cccs2)sc1C(=O)OC(C)C(=O)NC(C)(C)C. The van der Waals surface area contributed by atoms with Crippen LogP contribution in [0.15, 0.2) is 17.5 Å². The van der Waals surface area contributed by atoms with Crippen molar-refractivity contribution in [1.29, 1.82) is 0 Å². The van der Waals surface area contributed by atoms with Gasteiger partial charge in [0.15, 0.2) is 6.10 Å². The monoisotopic (exact) mass is 352 g/mol. The molecule has 0 saturated heterocycles. The number of carbonyl (C=O) groups excluding carboxylic acids is 2. The summed E-state index contributed by atoms with van der Waals surface area (Å²) < 4.78 is 5.28. The van der Waals surface area contributed by atoms with Crippen molar-refractivity contribution in [3.63, 3.8) is 0 Å². The molecule has 1 amide bonds. The van der Waals surface area contributed by atoms with E-state index in [2.05, 4.69) is 10.3 Å². The number of rotatable bonds is 4. The molecule has 0 fully saturated rings. The summed E-state index contributed by atoms with van der Waals surface area (Å²) in [6.45, 7) is 8.96. The van der Waals surface area contributed by atoms with Crippen LogP contribution in [0.5, 0.6) is 0 Å². The van der Waals surface area contributed by atoms with Crippen LogP contribution in [-0.4, -0.2) is 28.5 Å². The van der Waals surface area contributed by atoms with Crippen molar-refractivity contribution in [1.82, 2.24) is 10.3 Å². The Morgan fingerprint density at radius 1 is 1.35 bits per heavy atom. The summed E-state index contributed by atoms with van der Waals surface area (Å²) in [4.78, 5) is 30.2. The Morgan fingerprint density at radius 2 is 2.04 bits per heavy atom. The van der Waals surface area contributed by atoms with Crippen LogP contribution >= 0.6 is 22.7 Å². The zero-order valence-corrected chi connectivity index (χ0v) is 15.4. The lowest BCUT2D eigenvalue weighted by Gasteiger charge is -2.23. The molecule has 0 aliphatic carbocycles. The third kappa shape index (κ3) is 4.62. The Labute approximate surface area is 143 Å². The lowest BCUT2D eigenvalue weighted by atomic mass is 10.1. The van der Waals surface area contributed by atoms with E-state index >= 15 is 0 Å². The molecule has 7 heteroatoms. The van der Waals surface area contributed by atoms with E-state index in [1.54, 1.807) is 25.2 Å². The molecule has 2 aromatic heterocycles. The summed E-state index contributed by atoms with van der Waals surface area (Å²) in [5.74, 6) is -0.828. The maximum atomic E-state index is 12.3. The number of aromatic nitrogens is 1. The molecule has 124 valence electrons. The number of esters is 1. The van der Waals surface area contributed by atoms with Crippen molar-refractivity contribution in [2.24, 2.45) is 0 Å². The van der Waals surface area contributed by atoms with E-state index in [0.29, 0.717) is 10.6 Å². The summed E-state index contributed by atoms with van der Waals surface area (Å²) in [6, 6.07) is 3.89.